The molecule has 56 heavy (non-hydrogen) atoms. The number of primary amides is 1. The molecule has 0 spiro atoms. The lowest BCUT2D eigenvalue weighted by molar-refractivity contribution is -0.137. The van der Waals surface area contributed by atoms with Crippen LogP contribution in [-0.2, 0) is 33.8 Å². The highest BCUT2D eigenvalue weighted by atomic mass is 16.2. The van der Waals surface area contributed by atoms with Crippen molar-refractivity contribution < 1.29 is 24.0 Å². The molecule has 0 aliphatic carbocycles. The number of aryl methyl sites for hydroxylation is 2. The number of amides is 5. The number of nitrogens with zero attached hydrogens (tertiary/aromatic N) is 3. The normalized spacial score (nSPS) is 17.6. The molecule has 0 bridgehead atoms. The fraction of sp³-hybridized carbons (Fsp3) is 0.250. The number of aromatic nitrogens is 2. The highest BCUT2D eigenvalue weighted by Gasteiger charge is 2.39. The number of benzene rings is 3. The summed E-state index contributed by atoms with van der Waals surface area (Å²) in [7, 11) is 0. The van der Waals surface area contributed by atoms with Crippen LogP contribution >= 0.6 is 0 Å². The Labute approximate surface area is 323 Å². The Kier molecular flexibility index (Phi) is 9.52. The molecule has 0 saturated carbocycles. The molecule has 3 aliphatic heterocycles. The van der Waals surface area contributed by atoms with Crippen molar-refractivity contribution in [1.29, 1.82) is 0 Å². The zero-order valence-electron chi connectivity index (χ0n) is 31.0. The lowest BCUT2D eigenvalue weighted by Gasteiger charge is -2.29. The van der Waals surface area contributed by atoms with Gasteiger partial charge < -0.3 is 21.3 Å². The van der Waals surface area contributed by atoms with Crippen LogP contribution in [0.2, 0.25) is 0 Å². The molecule has 5 heterocycles. The summed E-state index contributed by atoms with van der Waals surface area (Å²) in [6.07, 6.45) is 5.86. The van der Waals surface area contributed by atoms with E-state index < -0.39 is 17.9 Å². The lowest BCUT2D eigenvalue weighted by Crippen LogP contribution is -2.52. The molecule has 3 aromatic carbocycles. The Morgan fingerprint density at radius 1 is 0.946 bits per heavy atom. The number of piperidine rings is 1. The molecule has 280 valence electrons. The molecule has 12 nitrogen and oxygen atoms in total. The molecule has 1 unspecified atom stereocenters. The SMILES string of the molecule is CCc1cc2c(c(-c3cccc4cc(-c5cnc(C(N)=O)c(CCC#Cc6cccc7c6CN(C6CCC(=O)NC6=O)C7=O)c5)ncc34)c1)N[C@H](C)CC(=O)N2. The fourth-order valence-electron chi connectivity index (χ4n) is 7.83. The molecule has 5 N–H and O–H groups in total. The Morgan fingerprint density at radius 2 is 1.77 bits per heavy atom. The first-order valence-electron chi connectivity index (χ1n) is 18.7. The van der Waals surface area contributed by atoms with E-state index in [1.807, 2.05) is 49.5 Å². The van der Waals surface area contributed by atoms with Crippen LogP contribution in [-0.4, -0.2) is 56.5 Å². The predicted molar refractivity (Wildman–Crippen MR) is 212 cm³/mol. The number of nitrogens with one attached hydrogen (secondary N) is 3. The molecular formula is C44H39N7O5. The minimum absolute atomic E-state index is 0.0216. The maximum Gasteiger partial charge on any atom is 0.267 e. The Morgan fingerprint density at radius 3 is 2.57 bits per heavy atom. The molecule has 8 rings (SSSR count). The smallest absolute Gasteiger partial charge is 0.267 e. The average Bonchev–Trinajstić information content (AvgIpc) is 3.43. The van der Waals surface area contributed by atoms with Crippen molar-refractivity contribution in [3.8, 4) is 34.2 Å². The minimum Gasteiger partial charge on any atom is -0.380 e. The van der Waals surface area contributed by atoms with Crippen LogP contribution in [0.15, 0.2) is 73.1 Å². The molecule has 2 atom stereocenters. The second kappa shape index (κ2) is 14.8. The van der Waals surface area contributed by atoms with Crippen LogP contribution in [0.1, 0.15) is 82.6 Å². The van der Waals surface area contributed by atoms with Crippen LogP contribution in [0.25, 0.3) is 33.2 Å². The van der Waals surface area contributed by atoms with Gasteiger partial charge in [0.05, 0.1) is 17.1 Å². The van der Waals surface area contributed by atoms with E-state index in [2.05, 4.69) is 51.8 Å². The molecule has 0 radical (unpaired) electrons. The third kappa shape index (κ3) is 6.84. The van der Waals surface area contributed by atoms with Gasteiger partial charge in [-0.1, -0.05) is 43.0 Å². The highest BCUT2D eigenvalue weighted by molar-refractivity contribution is 6.07. The van der Waals surface area contributed by atoms with Gasteiger partial charge in [0.2, 0.25) is 17.7 Å². The molecule has 3 aliphatic rings. The van der Waals surface area contributed by atoms with E-state index in [1.54, 1.807) is 18.3 Å². The minimum atomic E-state index is -0.709. The van der Waals surface area contributed by atoms with Gasteiger partial charge in [0.15, 0.2) is 0 Å². The van der Waals surface area contributed by atoms with Crippen molar-refractivity contribution in [2.75, 3.05) is 10.6 Å². The zero-order valence-corrected chi connectivity index (χ0v) is 31.0. The van der Waals surface area contributed by atoms with Crippen molar-refractivity contribution in [3.05, 3.63) is 107 Å². The maximum atomic E-state index is 13.2. The fourth-order valence-corrected chi connectivity index (χ4v) is 7.83. The third-order valence-corrected chi connectivity index (χ3v) is 10.6. The standard InChI is InChI=1S/C44H39N7O5/c1-3-25-17-32(41-36(18-25)49-39(53)16-24(2)48-41)30-12-7-11-27-20-35(46-22-33(27)30)29-19-28(40(42(45)54)47-21-29)9-5-4-8-26-10-6-13-31-34(26)23-51(44(31)56)37-14-15-38(52)50-43(37)55/h6-7,10-13,17-22,24,37,48H,3,5,9,14-16,23H2,1-2H3,(H2,45,54)(H,49,53)(H,50,52,55)/t24-,37?/m1/s1. The summed E-state index contributed by atoms with van der Waals surface area (Å²) in [6.45, 7) is 4.32. The predicted octanol–water partition coefficient (Wildman–Crippen LogP) is 5.51. The second-order valence-electron chi connectivity index (χ2n) is 14.4. The van der Waals surface area contributed by atoms with E-state index in [0.29, 0.717) is 41.6 Å². The molecule has 5 amide bonds. The van der Waals surface area contributed by atoms with Crippen molar-refractivity contribution in [2.45, 2.75) is 71.0 Å². The van der Waals surface area contributed by atoms with Gasteiger partial charge in [-0.15, -0.1) is 0 Å². The second-order valence-corrected chi connectivity index (χ2v) is 14.4. The average molecular weight is 746 g/mol. The van der Waals surface area contributed by atoms with Crippen molar-refractivity contribution in [2.24, 2.45) is 5.73 Å². The monoisotopic (exact) mass is 745 g/mol. The first-order valence-corrected chi connectivity index (χ1v) is 18.7. The number of carbonyl (C=O) groups excluding carboxylic acids is 5. The Balaban J connectivity index is 1.05. The summed E-state index contributed by atoms with van der Waals surface area (Å²) in [5.41, 5.74) is 14.6. The molecule has 1 fully saturated rings. The number of nitrogens with two attached hydrogens (primary N) is 1. The summed E-state index contributed by atoms with van der Waals surface area (Å²) in [5.74, 6) is 4.66. The number of imide groups is 1. The lowest BCUT2D eigenvalue weighted by atomic mass is 9.94. The summed E-state index contributed by atoms with van der Waals surface area (Å²) in [4.78, 5) is 73.3. The van der Waals surface area contributed by atoms with Crippen molar-refractivity contribution >= 4 is 51.7 Å². The molecule has 12 heteroatoms. The quantitative estimate of drug-likeness (QED) is 0.125. The molecule has 5 aromatic rings. The summed E-state index contributed by atoms with van der Waals surface area (Å²) < 4.78 is 0. The zero-order chi connectivity index (χ0) is 39.1. The van der Waals surface area contributed by atoms with Crippen LogP contribution in [0.3, 0.4) is 0 Å². The third-order valence-electron chi connectivity index (χ3n) is 10.6. The van der Waals surface area contributed by atoms with Gasteiger partial charge in [-0.2, -0.15) is 0 Å². The number of carbonyl (C=O) groups is 5. The van der Waals surface area contributed by atoms with Crippen LogP contribution in [0.4, 0.5) is 11.4 Å². The van der Waals surface area contributed by atoms with Gasteiger partial charge >= 0.3 is 0 Å². The van der Waals surface area contributed by atoms with Gasteiger partial charge in [0.25, 0.3) is 11.8 Å². The van der Waals surface area contributed by atoms with E-state index in [-0.39, 0.29) is 48.8 Å². The number of pyridine rings is 2. The first kappa shape index (κ1) is 36.1. The summed E-state index contributed by atoms with van der Waals surface area (Å²) >= 11 is 0. The number of hydrogen-bond donors (Lipinski definition) is 4. The molecule has 2 aromatic heterocycles. The Bertz CT molecular complexity index is 2570. The summed E-state index contributed by atoms with van der Waals surface area (Å²) in [6, 6.07) is 18.8. The van der Waals surface area contributed by atoms with E-state index in [1.165, 1.54) is 4.90 Å². The van der Waals surface area contributed by atoms with Gasteiger partial charge in [-0.3, -0.25) is 39.3 Å². The Hall–Kier alpha value is -6.87. The highest BCUT2D eigenvalue weighted by Crippen LogP contribution is 2.41. The molecule has 1 saturated heterocycles. The first-order chi connectivity index (χ1) is 27.1. The van der Waals surface area contributed by atoms with Gasteiger partial charge in [-0.25, -0.2) is 0 Å². The molecular weight excluding hydrogens is 707 g/mol. The van der Waals surface area contributed by atoms with Gasteiger partial charge in [0.1, 0.15) is 11.7 Å². The topological polar surface area (TPSA) is 176 Å². The van der Waals surface area contributed by atoms with Crippen molar-refractivity contribution in [3.63, 3.8) is 0 Å². The van der Waals surface area contributed by atoms with Gasteiger partial charge in [-0.05, 0) is 90.2 Å². The maximum absolute atomic E-state index is 13.2. The number of rotatable bonds is 7. The van der Waals surface area contributed by atoms with Gasteiger partial charge in [0, 0.05) is 71.9 Å². The van der Waals surface area contributed by atoms with Crippen molar-refractivity contribution in [1.82, 2.24) is 20.2 Å². The number of anilines is 2. The van der Waals surface area contributed by atoms with E-state index in [0.717, 1.165) is 56.4 Å². The number of hydrogen-bond acceptors (Lipinski definition) is 8. The largest absolute Gasteiger partial charge is 0.380 e. The van der Waals surface area contributed by atoms with E-state index in [4.69, 9.17) is 10.7 Å². The summed E-state index contributed by atoms with van der Waals surface area (Å²) in [5, 5.41) is 10.9. The van der Waals surface area contributed by atoms with E-state index >= 15 is 0 Å². The number of fused-ring (bicyclic) bond motifs is 3. The van der Waals surface area contributed by atoms with E-state index in [9.17, 15) is 24.0 Å². The van der Waals surface area contributed by atoms with Crippen LogP contribution in [0, 0.1) is 11.8 Å². The van der Waals surface area contributed by atoms with Crippen LogP contribution < -0.4 is 21.7 Å². The van der Waals surface area contributed by atoms with Crippen LogP contribution in [0.5, 0.6) is 0 Å².